The van der Waals surface area contributed by atoms with E-state index in [1.54, 1.807) is 6.07 Å². The Kier molecular flexibility index (Phi) is 2.44. The molecule has 0 saturated carbocycles. The molecule has 16 heavy (non-hydrogen) atoms. The first-order valence-electron chi connectivity index (χ1n) is 5.10. The average molecular weight is 252 g/mol. The molecule has 0 radical (unpaired) electrons. The number of fused-ring (bicyclic) bond motifs is 3. The lowest BCUT2D eigenvalue weighted by molar-refractivity contribution is 0.550. The van der Waals surface area contributed by atoms with Gasteiger partial charge in [0.05, 0.1) is 5.56 Å². The van der Waals surface area contributed by atoms with Crippen molar-refractivity contribution in [3.05, 3.63) is 29.6 Å². The smallest absolute Gasteiger partial charge is 0.146 e. The minimum Gasteiger partial charge on any atom is -0.311 e. The van der Waals surface area contributed by atoms with Crippen LogP contribution in [-0.2, 0) is 0 Å². The zero-order valence-electron chi connectivity index (χ0n) is 8.44. The van der Waals surface area contributed by atoms with Crippen molar-refractivity contribution in [2.45, 2.75) is 11.3 Å². The van der Waals surface area contributed by atoms with Gasteiger partial charge in [-0.3, -0.25) is 4.99 Å². The quantitative estimate of drug-likeness (QED) is 0.660. The van der Waals surface area contributed by atoms with Gasteiger partial charge in [-0.2, -0.15) is 0 Å². The summed E-state index contributed by atoms with van der Waals surface area (Å²) in [7, 11) is 0. The molecule has 2 aliphatic heterocycles. The van der Waals surface area contributed by atoms with Crippen LogP contribution in [0.3, 0.4) is 0 Å². The lowest BCUT2D eigenvalue weighted by atomic mass is 10.1. The molecule has 1 aromatic rings. The molecule has 0 amide bonds. The summed E-state index contributed by atoms with van der Waals surface area (Å²) < 4.78 is 14.6. The maximum Gasteiger partial charge on any atom is 0.146 e. The number of halogens is 1. The standard InChI is InChI=1S/C11H9FN2S2/c12-7-3-1-4-8-9(7)10-13-5-2-6-14(10)11(15)16-8/h1,3-4H,2,5-6H2. The highest BCUT2D eigenvalue weighted by atomic mass is 32.2. The third kappa shape index (κ3) is 1.46. The van der Waals surface area contributed by atoms with Crippen LogP contribution in [0, 0.1) is 5.82 Å². The highest BCUT2D eigenvalue weighted by Crippen LogP contribution is 2.35. The van der Waals surface area contributed by atoms with E-state index in [9.17, 15) is 4.39 Å². The predicted octanol–water partition coefficient (Wildman–Crippen LogP) is 2.67. The van der Waals surface area contributed by atoms with E-state index in [4.69, 9.17) is 12.2 Å². The molecule has 0 spiro atoms. The molecule has 0 atom stereocenters. The third-order valence-corrected chi connectivity index (χ3v) is 4.10. The molecule has 1 aromatic carbocycles. The summed E-state index contributed by atoms with van der Waals surface area (Å²) in [5, 5.41) is 0. The first kappa shape index (κ1) is 10.2. The van der Waals surface area contributed by atoms with Gasteiger partial charge in [-0.25, -0.2) is 4.39 Å². The first-order chi connectivity index (χ1) is 7.77. The van der Waals surface area contributed by atoms with Crippen molar-refractivity contribution in [1.82, 2.24) is 4.90 Å². The molecule has 0 unspecified atom stereocenters. The van der Waals surface area contributed by atoms with Crippen molar-refractivity contribution >= 4 is 34.1 Å². The van der Waals surface area contributed by atoms with Gasteiger partial charge in [0.1, 0.15) is 16.0 Å². The largest absolute Gasteiger partial charge is 0.311 e. The molecule has 2 heterocycles. The summed E-state index contributed by atoms with van der Waals surface area (Å²) in [6, 6.07) is 5.08. The van der Waals surface area contributed by atoms with E-state index in [0.717, 1.165) is 28.7 Å². The van der Waals surface area contributed by atoms with Crippen LogP contribution in [0.15, 0.2) is 28.1 Å². The Balaban J connectivity index is 2.22. The Hall–Kier alpha value is -0.940. The fourth-order valence-electron chi connectivity index (χ4n) is 1.95. The summed E-state index contributed by atoms with van der Waals surface area (Å²) >= 11 is 6.76. The Morgan fingerprint density at radius 3 is 3.19 bits per heavy atom. The Morgan fingerprint density at radius 2 is 2.31 bits per heavy atom. The van der Waals surface area contributed by atoms with Crippen LogP contribution in [0.2, 0.25) is 0 Å². The monoisotopic (exact) mass is 252 g/mol. The molecule has 5 heteroatoms. The van der Waals surface area contributed by atoms with Crippen LogP contribution in [0.4, 0.5) is 4.39 Å². The second-order valence-electron chi connectivity index (χ2n) is 3.69. The van der Waals surface area contributed by atoms with Gasteiger partial charge >= 0.3 is 0 Å². The fraction of sp³-hybridized carbons (Fsp3) is 0.273. The number of thioether (sulfide) groups is 1. The molecule has 0 saturated heterocycles. The summed E-state index contributed by atoms with van der Waals surface area (Å²) in [6.07, 6.45) is 0.980. The number of aliphatic imine (C=N–C) groups is 1. The third-order valence-electron chi connectivity index (χ3n) is 2.67. The number of benzene rings is 1. The second kappa shape index (κ2) is 3.82. The number of rotatable bonds is 0. The van der Waals surface area contributed by atoms with E-state index in [0.29, 0.717) is 11.4 Å². The van der Waals surface area contributed by atoms with E-state index < -0.39 is 0 Å². The van der Waals surface area contributed by atoms with Gasteiger partial charge in [-0.05, 0) is 18.6 Å². The molecule has 2 aliphatic rings. The highest BCUT2D eigenvalue weighted by Gasteiger charge is 2.30. The molecule has 0 N–H and O–H groups in total. The van der Waals surface area contributed by atoms with Gasteiger partial charge in [0.25, 0.3) is 0 Å². The molecule has 0 aliphatic carbocycles. The van der Waals surface area contributed by atoms with Gasteiger partial charge in [0.2, 0.25) is 0 Å². The molecule has 0 bridgehead atoms. The van der Waals surface area contributed by atoms with Gasteiger partial charge in [0, 0.05) is 18.0 Å². The number of hydrogen-bond donors (Lipinski definition) is 0. The predicted molar refractivity (Wildman–Crippen MR) is 67.6 cm³/mol. The van der Waals surface area contributed by atoms with Crippen LogP contribution in [0.5, 0.6) is 0 Å². The number of nitrogens with zero attached hydrogens (tertiary/aromatic N) is 2. The normalized spacial score (nSPS) is 18.9. The molecule has 82 valence electrons. The van der Waals surface area contributed by atoms with Crippen molar-refractivity contribution < 1.29 is 4.39 Å². The first-order valence-corrected chi connectivity index (χ1v) is 6.32. The second-order valence-corrected chi connectivity index (χ2v) is 5.37. The zero-order chi connectivity index (χ0) is 11.1. The highest BCUT2D eigenvalue weighted by molar-refractivity contribution is 8.23. The summed E-state index contributed by atoms with van der Waals surface area (Å²) in [4.78, 5) is 7.22. The lowest BCUT2D eigenvalue weighted by Crippen LogP contribution is -2.42. The van der Waals surface area contributed by atoms with Crippen molar-refractivity contribution in [2.24, 2.45) is 4.99 Å². The van der Waals surface area contributed by atoms with E-state index in [1.807, 2.05) is 11.0 Å². The molecular weight excluding hydrogens is 243 g/mol. The molecular formula is C11H9FN2S2. The molecule has 3 rings (SSSR count). The number of amidine groups is 1. The molecule has 0 fully saturated rings. The van der Waals surface area contributed by atoms with E-state index in [-0.39, 0.29) is 5.82 Å². The number of thiocarbonyl (C=S) groups is 1. The maximum absolute atomic E-state index is 13.8. The van der Waals surface area contributed by atoms with E-state index in [2.05, 4.69) is 4.99 Å². The van der Waals surface area contributed by atoms with E-state index in [1.165, 1.54) is 17.8 Å². The minimum absolute atomic E-state index is 0.210. The Labute approximate surface area is 103 Å². The van der Waals surface area contributed by atoms with Gasteiger partial charge in [-0.15, -0.1) is 0 Å². The topological polar surface area (TPSA) is 15.6 Å². The lowest BCUT2D eigenvalue weighted by Gasteiger charge is -2.34. The van der Waals surface area contributed by atoms with Gasteiger partial charge in [0.15, 0.2) is 0 Å². The molecule has 0 aromatic heterocycles. The van der Waals surface area contributed by atoms with Crippen molar-refractivity contribution in [2.75, 3.05) is 13.1 Å². The minimum atomic E-state index is -0.210. The van der Waals surface area contributed by atoms with Crippen molar-refractivity contribution in [3.8, 4) is 0 Å². The van der Waals surface area contributed by atoms with Crippen molar-refractivity contribution in [3.63, 3.8) is 0 Å². The SMILES string of the molecule is Fc1cccc2c1C1=NCCCN1C(=S)S2. The van der Waals surface area contributed by atoms with Crippen LogP contribution in [-0.4, -0.2) is 28.1 Å². The molecule has 2 nitrogen and oxygen atoms in total. The van der Waals surface area contributed by atoms with Crippen LogP contribution in [0.25, 0.3) is 0 Å². The summed E-state index contributed by atoms with van der Waals surface area (Å²) in [5.41, 5.74) is 0.612. The Morgan fingerprint density at radius 1 is 1.44 bits per heavy atom. The summed E-state index contributed by atoms with van der Waals surface area (Å²) in [5.74, 6) is 0.501. The average Bonchev–Trinajstić information content (AvgIpc) is 2.29. The van der Waals surface area contributed by atoms with Crippen molar-refractivity contribution in [1.29, 1.82) is 0 Å². The fourth-order valence-corrected chi connectivity index (χ4v) is 3.31. The maximum atomic E-state index is 13.8. The van der Waals surface area contributed by atoms with Crippen LogP contribution < -0.4 is 0 Å². The summed E-state index contributed by atoms with van der Waals surface area (Å²) in [6.45, 7) is 1.60. The van der Waals surface area contributed by atoms with E-state index >= 15 is 0 Å². The number of hydrogen-bond acceptors (Lipinski definition) is 3. The Bertz CT molecular complexity index is 499. The van der Waals surface area contributed by atoms with Crippen LogP contribution >= 0.6 is 24.0 Å². The van der Waals surface area contributed by atoms with Gasteiger partial charge in [-0.1, -0.05) is 30.0 Å². The van der Waals surface area contributed by atoms with Crippen LogP contribution in [0.1, 0.15) is 12.0 Å². The zero-order valence-corrected chi connectivity index (χ0v) is 10.1. The van der Waals surface area contributed by atoms with Gasteiger partial charge < -0.3 is 4.90 Å².